The molecular formula is C25H28N4O2S. The van der Waals surface area contributed by atoms with Crippen molar-refractivity contribution in [3.05, 3.63) is 70.5 Å². The Kier molecular flexibility index (Phi) is 7.37. The molecule has 0 spiro atoms. The maximum Gasteiger partial charge on any atom is 0.262 e. The first kappa shape index (κ1) is 22.3. The van der Waals surface area contributed by atoms with Crippen molar-refractivity contribution in [2.75, 3.05) is 12.3 Å². The fraction of sp³-hybridized carbons (Fsp3) is 0.360. The number of carbonyl (C=O) groups is 1. The summed E-state index contributed by atoms with van der Waals surface area (Å²) in [4.78, 5) is 30.7. The molecule has 1 aliphatic heterocycles. The third kappa shape index (κ3) is 5.10. The van der Waals surface area contributed by atoms with Gasteiger partial charge in [-0.05, 0) is 24.1 Å². The Morgan fingerprint density at radius 2 is 1.81 bits per heavy atom. The highest BCUT2D eigenvalue weighted by Crippen LogP contribution is 2.21. The van der Waals surface area contributed by atoms with Gasteiger partial charge in [-0.25, -0.2) is 9.99 Å². The lowest BCUT2D eigenvalue weighted by Gasteiger charge is -2.14. The highest BCUT2D eigenvalue weighted by Gasteiger charge is 2.22. The van der Waals surface area contributed by atoms with Crippen LogP contribution in [0.3, 0.4) is 0 Å². The molecule has 0 fully saturated rings. The quantitative estimate of drug-likeness (QED) is 0.270. The summed E-state index contributed by atoms with van der Waals surface area (Å²) < 4.78 is 1.73. The minimum Gasteiger partial charge on any atom is -0.287 e. The molecule has 32 heavy (non-hydrogen) atoms. The molecular weight excluding hydrogens is 420 g/mol. The van der Waals surface area contributed by atoms with Gasteiger partial charge in [0.05, 0.1) is 28.9 Å². The van der Waals surface area contributed by atoms with Crippen molar-refractivity contribution in [2.24, 2.45) is 5.10 Å². The van der Waals surface area contributed by atoms with E-state index >= 15 is 0 Å². The van der Waals surface area contributed by atoms with Crippen LogP contribution in [-0.4, -0.2) is 38.5 Å². The van der Waals surface area contributed by atoms with Crippen molar-refractivity contribution >= 4 is 34.3 Å². The van der Waals surface area contributed by atoms with Gasteiger partial charge < -0.3 is 0 Å². The number of para-hydroxylation sites is 1. The number of carbonyl (C=O) groups excluding carboxylic acids is 1. The monoisotopic (exact) mass is 448 g/mol. The molecule has 1 amide bonds. The lowest BCUT2D eigenvalue weighted by Crippen LogP contribution is -2.27. The maximum absolute atomic E-state index is 13.1. The summed E-state index contributed by atoms with van der Waals surface area (Å²) in [5.74, 6) is 0.131. The highest BCUT2D eigenvalue weighted by atomic mass is 32.2. The van der Waals surface area contributed by atoms with Gasteiger partial charge in [-0.3, -0.25) is 14.2 Å². The highest BCUT2D eigenvalue weighted by molar-refractivity contribution is 7.99. The fourth-order valence-corrected chi connectivity index (χ4v) is 4.72. The molecule has 0 N–H and O–H groups in total. The second-order valence-electron chi connectivity index (χ2n) is 7.90. The number of hydrogen-bond acceptors (Lipinski definition) is 5. The minimum absolute atomic E-state index is 0.0346. The number of thioether (sulfide) groups is 1. The van der Waals surface area contributed by atoms with Gasteiger partial charge in [0.2, 0.25) is 0 Å². The number of nitrogens with zero attached hydrogens (tertiary/aromatic N) is 4. The van der Waals surface area contributed by atoms with Crippen LogP contribution in [0.1, 0.15) is 44.6 Å². The van der Waals surface area contributed by atoms with Crippen LogP contribution in [0, 0.1) is 0 Å². The van der Waals surface area contributed by atoms with Crippen molar-refractivity contribution in [2.45, 2.75) is 50.7 Å². The summed E-state index contributed by atoms with van der Waals surface area (Å²) in [6.07, 6.45) is 5.03. The third-order valence-electron chi connectivity index (χ3n) is 5.58. The van der Waals surface area contributed by atoms with Crippen LogP contribution >= 0.6 is 11.8 Å². The van der Waals surface area contributed by atoms with Crippen LogP contribution in [-0.2, 0) is 11.3 Å². The summed E-state index contributed by atoms with van der Waals surface area (Å²) in [5.41, 5.74) is 2.61. The van der Waals surface area contributed by atoms with E-state index in [1.165, 1.54) is 11.8 Å². The van der Waals surface area contributed by atoms with Crippen molar-refractivity contribution < 1.29 is 4.79 Å². The first-order valence-electron chi connectivity index (χ1n) is 11.2. The van der Waals surface area contributed by atoms with Crippen molar-refractivity contribution in [3.8, 4) is 0 Å². The molecule has 1 aliphatic rings. The first-order chi connectivity index (χ1) is 15.7. The molecule has 7 heteroatoms. The summed E-state index contributed by atoms with van der Waals surface area (Å²) in [6.45, 7) is 3.37. The molecule has 0 bridgehead atoms. The molecule has 4 rings (SSSR count). The Labute approximate surface area is 192 Å². The largest absolute Gasteiger partial charge is 0.287 e. The minimum atomic E-state index is -0.0686. The van der Waals surface area contributed by atoms with E-state index in [2.05, 4.69) is 12.0 Å². The van der Waals surface area contributed by atoms with Gasteiger partial charge in [0.1, 0.15) is 0 Å². The van der Waals surface area contributed by atoms with Crippen LogP contribution in [0.2, 0.25) is 0 Å². The molecule has 2 heterocycles. The van der Waals surface area contributed by atoms with Crippen LogP contribution < -0.4 is 5.56 Å². The molecule has 0 saturated heterocycles. The standard InChI is InChI=1S/C25H28N4O2S/c1-2-3-4-10-16-28-24(31)20-13-8-9-14-22(20)26-25(28)32-18-23(30)29-17-15-21(27-29)19-11-6-5-7-12-19/h5-9,11-14H,2-4,10,15-18H2,1H3. The van der Waals surface area contributed by atoms with Crippen molar-refractivity contribution in [3.63, 3.8) is 0 Å². The second kappa shape index (κ2) is 10.6. The summed E-state index contributed by atoms with van der Waals surface area (Å²) in [7, 11) is 0. The number of amides is 1. The van der Waals surface area contributed by atoms with Gasteiger partial charge in [0, 0.05) is 13.0 Å². The molecule has 0 radical (unpaired) electrons. The van der Waals surface area contributed by atoms with E-state index < -0.39 is 0 Å². The Morgan fingerprint density at radius 1 is 1.03 bits per heavy atom. The molecule has 166 valence electrons. The zero-order chi connectivity index (χ0) is 22.3. The number of aromatic nitrogens is 2. The van der Waals surface area contributed by atoms with E-state index in [1.807, 2.05) is 54.6 Å². The lowest BCUT2D eigenvalue weighted by molar-refractivity contribution is -0.127. The van der Waals surface area contributed by atoms with E-state index in [9.17, 15) is 9.59 Å². The average Bonchev–Trinajstić information content (AvgIpc) is 3.33. The Bertz CT molecular complexity index is 1170. The number of fused-ring (bicyclic) bond motifs is 1. The Hall–Kier alpha value is -2.93. The molecule has 0 unspecified atom stereocenters. The molecule has 3 aromatic rings. The van der Waals surface area contributed by atoms with Crippen molar-refractivity contribution in [1.29, 1.82) is 0 Å². The Morgan fingerprint density at radius 3 is 2.62 bits per heavy atom. The smallest absolute Gasteiger partial charge is 0.262 e. The molecule has 1 aromatic heterocycles. The summed E-state index contributed by atoms with van der Waals surface area (Å²) >= 11 is 1.32. The van der Waals surface area contributed by atoms with E-state index in [-0.39, 0.29) is 17.2 Å². The number of rotatable bonds is 9. The van der Waals surface area contributed by atoms with E-state index in [1.54, 1.807) is 9.58 Å². The van der Waals surface area contributed by atoms with Gasteiger partial charge in [-0.2, -0.15) is 5.10 Å². The van der Waals surface area contributed by atoms with Crippen LogP contribution in [0.25, 0.3) is 10.9 Å². The molecule has 0 saturated carbocycles. The normalized spacial score (nSPS) is 13.5. The van der Waals surface area contributed by atoms with Crippen LogP contribution in [0.4, 0.5) is 0 Å². The zero-order valence-electron chi connectivity index (χ0n) is 18.4. The zero-order valence-corrected chi connectivity index (χ0v) is 19.2. The predicted octanol–water partition coefficient (Wildman–Crippen LogP) is 4.71. The van der Waals surface area contributed by atoms with E-state index in [0.717, 1.165) is 43.4 Å². The SMILES string of the molecule is CCCCCCn1c(SCC(=O)N2CCC(c3ccccc3)=N2)nc2ccccc2c1=O. The van der Waals surface area contributed by atoms with Crippen molar-refractivity contribution in [1.82, 2.24) is 14.6 Å². The summed E-state index contributed by atoms with van der Waals surface area (Å²) in [5, 5.41) is 7.29. The van der Waals surface area contributed by atoms with E-state index in [0.29, 0.717) is 29.1 Å². The van der Waals surface area contributed by atoms with Gasteiger partial charge >= 0.3 is 0 Å². The lowest BCUT2D eigenvalue weighted by atomic mass is 10.1. The topological polar surface area (TPSA) is 67.6 Å². The van der Waals surface area contributed by atoms with Gasteiger partial charge in [0.25, 0.3) is 11.5 Å². The second-order valence-corrected chi connectivity index (χ2v) is 8.84. The summed E-state index contributed by atoms with van der Waals surface area (Å²) in [6, 6.07) is 17.3. The number of benzene rings is 2. The molecule has 6 nitrogen and oxygen atoms in total. The van der Waals surface area contributed by atoms with Crippen LogP contribution in [0.15, 0.2) is 69.6 Å². The number of unbranched alkanes of at least 4 members (excludes halogenated alkanes) is 3. The van der Waals surface area contributed by atoms with Gasteiger partial charge in [-0.1, -0.05) is 80.4 Å². The van der Waals surface area contributed by atoms with Crippen LogP contribution in [0.5, 0.6) is 0 Å². The van der Waals surface area contributed by atoms with E-state index in [4.69, 9.17) is 4.98 Å². The number of hydrogen-bond donors (Lipinski definition) is 0. The fourth-order valence-electron chi connectivity index (χ4n) is 3.82. The number of hydrazone groups is 1. The average molecular weight is 449 g/mol. The molecule has 0 atom stereocenters. The third-order valence-corrected chi connectivity index (χ3v) is 6.54. The predicted molar refractivity (Wildman–Crippen MR) is 130 cm³/mol. The Balaban J connectivity index is 1.50. The maximum atomic E-state index is 13.1. The van der Waals surface area contributed by atoms with Gasteiger partial charge in [-0.15, -0.1) is 0 Å². The molecule has 2 aromatic carbocycles. The van der Waals surface area contributed by atoms with Gasteiger partial charge in [0.15, 0.2) is 5.16 Å². The first-order valence-corrected chi connectivity index (χ1v) is 12.2. The molecule has 0 aliphatic carbocycles.